The van der Waals surface area contributed by atoms with Crippen molar-refractivity contribution in [1.29, 1.82) is 0 Å². The predicted molar refractivity (Wildman–Crippen MR) is 65.0 cm³/mol. The number of nitrogens with two attached hydrogens (primary N) is 1. The molecule has 0 bridgehead atoms. The smallest absolute Gasteiger partial charge is 0.0347 e. The molecule has 2 rings (SSSR count). The molecule has 82 valence electrons. The van der Waals surface area contributed by atoms with E-state index < -0.39 is 0 Å². The lowest BCUT2D eigenvalue weighted by Gasteiger charge is -2.39. The van der Waals surface area contributed by atoms with Crippen molar-refractivity contribution in [2.24, 2.45) is 0 Å². The van der Waals surface area contributed by atoms with Crippen molar-refractivity contribution in [2.75, 3.05) is 19.3 Å². The maximum absolute atomic E-state index is 5.96. The van der Waals surface area contributed by atoms with Crippen LogP contribution in [0, 0.1) is 6.92 Å². The zero-order chi connectivity index (χ0) is 11.2. The van der Waals surface area contributed by atoms with Crippen molar-refractivity contribution in [3.63, 3.8) is 0 Å². The van der Waals surface area contributed by atoms with Crippen LogP contribution in [0.1, 0.15) is 30.5 Å². The number of benzene rings is 1. The van der Waals surface area contributed by atoms with Crippen LogP contribution in [0.25, 0.3) is 0 Å². The zero-order valence-electron chi connectivity index (χ0n) is 10.1. The molecule has 1 aliphatic rings. The minimum atomic E-state index is 0.237. The van der Waals surface area contributed by atoms with E-state index in [0.717, 1.165) is 18.8 Å². The molecule has 0 aliphatic carbocycles. The van der Waals surface area contributed by atoms with E-state index in [2.05, 4.69) is 38.8 Å². The Balaban J connectivity index is 2.62. The summed E-state index contributed by atoms with van der Waals surface area (Å²) in [5, 5.41) is 0. The summed E-state index contributed by atoms with van der Waals surface area (Å²) in [5.41, 5.74) is 11.3. The van der Waals surface area contributed by atoms with Crippen LogP contribution in [0.5, 0.6) is 0 Å². The summed E-state index contributed by atoms with van der Waals surface area (Å²) in [5.74, 6) is 0. The lowest BCUT2D eigenvalue weighted by atomic mass is 9.77. The van der Waals surface area contributed by atoms with Crippen molar-refractivity contribution in [2.45, 2.75) is 32.7 Å². The first-order valence-electron chi connectivity index (χ1n) is 5.49. The van der Waals surface area contributed by atoms with Gasteiger partial charge in [0.2, 0.25) is 0 Å². The summed E-state index contributed by atoms with van der Waals surface area (Å²) in [6.45, 7) is 8.87. The Morgan fingerprint density at radius 1 is 1.33 bits per heavy atom. The largest absolute Gasteiger partial charge is 0.399 e. The van der Waals surface area contributed by atoms with E-state index in [0.29, 0.717) is 0 Å². The van der Waals surface area contributed by atoms with Crippen molar-refractivity contribution in [1.82, 2.24) is 4.90 Å². The molecule has 2 N–H and O–H groups in total. The van der Waals surface area contributed by atoms with Gasteiger partial charge < -0.3 is 10.6 Å². The number of nitrogen functional groups attached to an aromatic ring is 1. The Hall–Kier alpha value is -1.02. The number of likely N-dealkylation sites (N-methyl/N-ethyl adjacent to an activating group) is 1. The first-order chi connectivity index (χ1) is 6.92. The van der Waals surface area contributed by atoms with Gasteiger partial charge >= 0.3 is 0 Å². The third-order valence-electron chi connectivity index (χ3n) is 3.46. The molecule has 1 aliphatic heterocycles. The molecule has 0 fully saturated rings. The minimum absolute atomic E-state index is 0.237. The standard InChI is InChI=1S/C13H20N2/c1-9-10-7-15(4)8-13(2,3)11(10)5-6-12(9)14/h5-6H,7-8,14H2,1-4H3. The molecule has 15 heavy (non-hydrogen) atoms. The van der Waals surface area contributed by atoms with Crippen LogP contribution in [-0.2, 0) is 12.0 Å². The molecule has 1 aromatic rings. The molecule has 0 atom stereocenters. The maximum Gasteiger partial charge on any atom is 0.0347 e. The minimum Gasteiger partial charge on any atom is -0.399 e. The summed E-state index contributed by atoms with van der Waals surface area (Å²) in [6.07, 6.45) is 0. The molecular formula is C13H20N2. The van der Waals surface area contributed by atoms with Gasteiger partial charge in [0.05, 0.1) is 0 Å². The molecule has 0 spiro atoms. The second-order valence-corrected chi connectivity index (χ2v) is 5.36. The summed E-state index contributed by atoms with van der Waals surface area (Å²) < 4.78 is 0. The van der Waals surface area contributed by atoms with E-state index in [9.17, 15) is 0 Å². The van der Waals surface area contributed by atoms with Gasteiger partial charge in [0, 0.05) is 24.2 Å². The van der Waals surface area contributed by atoms with Crippen LogP contribution in [0.4, 0.5) is 5.69 Å². The highest BCUT2D eigenvalue weighted by Crippen LogP contribution is 2.35. The van der Waals surface area contributed by atoms with Gasteiger partial charge in [-0.3, -0.25) is 0 Å². The average molecular weight is 204 g/mol. The van der Waals surface area contributed by atoms with Gasteiger partial charge in [-0.1, -0.05) is 19.9 Å². The lowest BCUT2D eigenvalue weighted by Crippen LogP contribution is -2.40. The van der Waals surface area contributed by atoms with Gasteiger partial charge in [0.1, 0.15) is 0 Å². The van der Waals surface area contributed by atoms with E-state index in [4.69, 9.17) is 5.73 Å². The monoisotopic (exact) mass is 204 g/mol. The Bertz CT molecular complexity index is 394. The molecule has 0 amide bonds. The first kappa shape index (κ1) is 10.5. The number of hydrogen-bond acceptors (Lipinski definition) is 2. The van der Waals surface area contributed by atoms with E-state index in [1.165, 1.54) is 16.7 Å². The Kier molecular flexibility index (Phi) is 2.27. The van der Waals surface area contributed by atoms with Crippen LogP contribution in [-0.4, -0.2) is 18.5 Å². The van der Waals surface area contributed by atoms with Gasteiger partial charge in [-0.05, 0) is 36.7 Å². The Labute approximate surface area is 92.1 Å². The fourth-order valence-electron chi connectivity index (χ4n) is 2.70. The summed E-state index contributed by atoms with van der Waals surface area (Å²) in [4.78, 5) is 2.37. The van der Waals surface area contributed by atoms with Crippen LogP contribution in [0.2, 0.25) is 0 Å². The van der Waals surface area contributed by atoms with E-state index in [1.807, 2.05) is 6.07 Å². The molecule has 0 unspecified atom stereocenters. The van der Waals surface area contributed by atoms with Crippen molar-refractivity contribution < 1.29 is 0 Å². The van der Waals surface area contributed by atoms with Crippen LogP contribution >= 0.6 is 0 Å². The van der Waals surface area contributed by atoms with Crippen LogP contribution < -0.4 is 5.73 Å². The first-order valence-corrected chi connectivity index (χ1v) is 5.49. The highest BCUT2D eigenvalue weighted by atomic mass is 15.1. The normalized spacial score (nSPS) is 20.0. The van der Waals surface area contributed by atoms with Gasteiger partial charge in [0.25, 0.3) is 0 Å². The molecule has 0 saturated heterocycles. The van der Waals surface area contributed by atoms with Crippen molar-refractivity contribution >= 4 is 5.69 Å². The molecule has 1 heterocycles. The Morgan fingerprint density at radius 2 is 2.00 bits per heavy atom. The molecular weight excluding hydrogens is 184 g/mol. The molecule has 0 radical (unpaired) electrons. The van der Waals surface area contributed by atoms with Crippen LogP contribution in [0.15, 0.2) is 12.1 Å². The fraction of sp³-hybridized carbons (Fsp3) is 0.538. The molecule has 1 aromatic carbocycles. The highest BCUT2D eigenvalue weighted by Gasteiger charge is 2.31. The van der Waals surface area contributed by atoms with Crippen molar-refractivity contribution in [3.05, 3.63) is 28.8 Å². The Morgan fingerprint density at radius 3 is 2.67 bits per heavy atom. The molecule has 0 saturated carbocycles. The summed E-state index contributed by atoms with van der Waals surface area (Å²) >= 11 is 0. The third kappa shape index (κ3) is 1.63. The predicted octanol–water partition coefficient (Wildman–Crippen LogP) is 2.30. The zero-order valence-corrected chi connectivity index (χ0v) is 10.1. The summed E-state index contributed by atoms with van der Waals surface area (Å²) in [6, 6.07) is 4.24. The number of anilines is 1. The maximum atomic E-state index is 5.96. The van der Waals surface area contributed by atoms with Gasteiger partial charge in [-0.15, -0.1) is 0 Å². The third-order valence-corrected chi connectivity index (χ3v) is 3.46. The number of rotatable bonds is 0. The second-order valence-electron chi connectivity index (χ2n) is 5.36. The lowest BCUT2D eigenvalue weighted by molar-refractivity contribution is 0.235. The number of fused-ring (bicyclic) bond motifs is 1. The van der Waals surface area contributed by atoms with E-state index >= 15 is 0 Å². The number of hydrogen-bond donors (Lipinski definition) is 1. The van der Waals surface area contributed by atoms with E-state index in [-0.39, 0.29) is 5.41 Å². The quantitative estimate of drug-likeness (QED) is 0.657. The SMILES string of the molecule is Cc1c(N)ccc2c1CN(C)CC2(C)C. The molecule has 0 aromatic heterocycles. The molecule has 2 nitrogen and oxygen atoms in total. The average Bonchev–Trinajstić information content (AvgIpc) is 2.10. The van der Waals surface area contributed by atoms with E-state index in [1.54, 1.807) is 0 Å². The topological polar surface area (TPSA) is 29.3 Å². The number of nitrogens with zero attached hydrogens (tertiary/aromatic N) is 1. The summed E-state index contributed by atoms with van der Waals surface area (Å²) in [7, 11) is 2.17. The fourth-order valence-corrected chi connectivity index (χ4v) is 2.70. The van der Waals surface area contributed by atoms with Gasteiger partial charge in [0.15, 0.2) is 0 Å². The van der Waals surface area contributed by atoms with Crippen molar-refractivity contribution in [3.8, 4) is 0 Å². The molecule has 2 heteroatoms. The van der Waals surface area contributed by atoms with Gasteiger partial charge in [-0.25, -0.2) is 0 Å². The highest BCUT2D eigenvalue weighted by molar-refractivity contribution is 5.55. The van der Waals surface area contributed by atoms with Gasteiger partial charge in [-0.2, -0.15) is 0 Å². The van der Waals surface area contributed by atoms with Crippen LogP contribution in [0.3, 0.4) is 0 Å². The second kappa shape index (κ2) is 3.24.